The molecule has 3 heteroatoms. The van der Waals surface area contributed by atoms with Crippen molar-refractivity contribution in [1.82, 2.24) is 0 Å². The molecule has 5 heavy (non-hydrogen) atoms. The molecule has 0 unspecified atom stereocenters. The van der Waals surface area contributed by atoms with Gasteiger partial charge in [0.05, 0.1) is 0 Å². The Hall–Kier alpha value is -0.290. The standard InChI is InChI=1S/C2HClFN/c3-2(4)1-5/h2H/t2-/m1/s1. The average Bonchev–Trinajstić information content (AvgIpc) is 1.38. The van der Waals surface area contributed by atoms with E-state index in [2.05, 4.69) is 11.6 Å². The van der Waals surface area contributed by atoms with Gasteiger partial charge in [-0.25, -0.2) is 4.39 Å². The van der Waals surface area contributed by atoms with Crippen molar-refractivity contribution < 1.29 is 4.39 Å². The maximum atomic E-state index is 10.8. The second-order valence-corrected chi connectivity index (χ2v) is 0.813. The van der Waals surface area contributed by atoms with Crippen molar-refractivity contribution in [2.45, 2.75) is 5.63 Å². The van der Waals surface area contributed by atoms with Crippen molar-refractivity contribution in [2.75, 3.05) is 0 Å². The summed E-state index contributed by atoms with van der Waals surface area (Å²) in [5, 5.41) is 7.39. The van der Waals surface area contributed by atoms with Gasteiger partial charge >= 0.3 is 0 Å². The molecule has 0 saturated heterocycles. The van der Waals surface area contributed by atoms with Gasteiger partial charge in [-0.05, 0) is 0 Å². The number of halogens is 2. The third kappa shape index (κ3) is 3.71. The Kier molecular flexibility index (Phi) is 1.86. The normalized spacial score (nSPS) is 13.0. The van der Waals surface area contributed by atoms with Gasteiger partial charge in [0.2, 0.25) is 0 Å². The number of rotatable bonds is 0. The largest absolute Gasteiger partial charge is 0.259 e. The van der Waals surface area contributed by atoms with Crippen LogP contribution >= 0.6 is 11.6 Å². The highest BCUT2D eigenvalue weighted by Crippen LogP contribution is 1.89. The SMILES string of the molecule is N#C[C@@H](F)Cl. The van der Waals surface area contributed by atoms with Gasteiger partial charge in [-0.1, -0.05) is 11.6 Å². The molecule has 1 atom stereocenters. The van der Waals surface area contributed by atoms with Crippen LogP contribution in [0.15, 0.2) is 0 Å². The van der Waals surface area contributed by atoms with Crippen molar-refractivity contribution in [3.05, 3.63) is 0 Å². The minimum Gasteiger partial charge on any atom is -0.213 e. The Morgan fingerprint density at radius 3 is 2.20 bits per heavy atom. The third-order valence-electron chi connectivity index (χ3n) is 0.0976. The second kappa shape index (κ2) is 1.98. The predicted molar refractivity (Wildman–Crippen MR) is 16.4 cm³/mol. The quantitative estimate of drug-likeness (QED) is 0.411. The van der Waals surface area contributed by atoms with Gasteiger partial charge in [0.15, 0.2) is 0 Å². The predicted octanol–water partition coefficient (Wildman–Crippen LogP) is 1.04. The van der Waals surface area contributed by atoms with E-state index >= 15 is 0 Å². The van der Waals surface area contributed by atoms with Crippen molar-refractivity contribution in [1.29, 1.82) is 5.26 Å². The highest BCUT2D eigenvalue weighted by Gasteiger charge is 1.88. The average molecular weight is 93.5 g/mol. The summed E-state index contributed by atoms with van der Waals surface area (Å²) in [5.41, 5.74) is -1.84. The minimum absolute atomic E-state index is 1.13. The first-order chi connectivity index (χ1) is 2.27. The van der Waals surface area contributed by atoms with Gasteiger partial charge in [-0.15, -0.1) is 0 Å². The molecule has 1 nitrogen and oxygen atoms in total. The van der Waals surface area contributed by atoms with Crippen LogP contribution in [0, 0.1) is 11.3 Å². The lowest BCUT2D eigenvalue weighted by molar-refractivity contribution is 0.520. The van der Waals surface area contributed by atoms with Gasteiger partial charge in [-0.2, -0.15) is 5.26 Å². The highest BCUT2D eigenvalue weighted by molar-refractivity contribution is 6.21. The maximum absolute atomic E-state index is 10.8. The fraction of sp³-hybridized carbons (Fsp3) is 0.500. The first kappa shape index (κ1) is 4.71. The third-order valence-corrected chi connectivity index (χ3v) is 0.195. The van der Waals surface area contributed by atoms with E-state index in [1.165, 1.54) is 0 Å². The molecule has 0 aromatic heterocycles. The molecule has 0 spiro atoms. The monoisotopic (exact) mass is 93.0 g/mol. The number of nitriles is 1. The van der Waals surface area contributed by atoms with Crippen LogP contribution in [0.25, 0.3) is 0 Å². The molecule has 28 valence electrons. The molecular formula is C2HClFN. The number of hydrogen-bond acceptors (Lipinski definition) is 1. The topological polar surface area (TPSA) is 23.8 Å². The van der Waals surface area contributed by atoms with Crippen LogP contribution in [0.3, 0.4) is 0 Å². The van der Waals surface area contributed by atoms with E-state index in [0.29, 0.717) is 0 Å². The van der Waals surface area contributed by atoms with E-state index in [4.69, 9.17) is 5.26 Å². The van der Waals surface area contributed by atoms with E-state index in [9.17, 15) is 4.39 Å². The molecular weight excluding hydrogens is 92.5 g/mol. The maximum Gasteiger partial charge on any atom is 0.259 e. The second-order valence-electron chi connectivity index (χ2n) is 0.430. The van der Waals surface area contributed by atoms with E-state index in [-0.39, 0.29) is 0 Å². The zero-order valence-electron chi connectivity index (χ0n) is 2.28. The molecule has 0 aliphatic rings. The molecule has 0 N–H and O–H groups in total. The van der Waals surface area contributed by atoms with Crippen LogP contribution in [0.1, 0.15) is 0 Å². The summed E-state index contributed by atoms with van der Waals surface area (Å²) in [7, 11) is 0. The summed E-state index contributed by atoms with van der Waals surface area (Å²) in [4.78, 5) is 0. The minimum atomic E-state index is -1.84. The van der Waals surface area contributed by atoms with Crippen LogP contribution in [0.4, 0.5) is 4.39 Å². The lowest BCUT2D eigenvalue weighted by Gasteiger charge is -1.68. The van der Waals surface area contributed by atoms with Crippen LogP contribution in [-0.4, -0.2) is 5.63 Å². The molecule has 0 heterocycles. The van der Waals surface area contributed by atoms with E-state index < -0.39 is 5.63 Å². The van der Waals surface area contributed by atoms with Crippen molar-refractivity contribution in [3.63, 3.8) is 0 Å². The molecule has 0 bridgehead atoms. The molecule has 0 aromatic carbocycles. The van der Waals surface area contributed by atoms with Crippen LogP contribution in [0.2, 0.25) is 0 Å². The first-order valence-electron chi connectivity index (χ1n) is 0.949. The fourth-order valence-corrected chi connectivity index (χ4v) is 0. The van der Waals surface area contributed by atoms with Crippen molar-refractivity contribution in [3.8, 4) is 6.07 Å². The number of alkyl halides is 2. The van der Waals surface area contributed by atoms with Crippen LogP contribution < -0.4 is 0 Å². The summed E-state index contributed by atoms with van der Waals surface area (Å²) >= 11 is 4.43. The van der Waals surface area contributed by atoms with E-state index in [1.54, 1.807) is 0 Å². The smallest absolute Gasteiger partial charge is 0.213 e. The Labute approximate surface area is 34.0 Å². The van der Waals surface area contributed by atoms with Crippen LogP contribution in [0.5, 0.6) is 0 Å². The molecule has 0 rings (SSSR count). The van der Waals surface area contributed by atoms with E-state index in [0.717, 1.165) is 6.07 Å². The first-order valence-corrected chi connectivity index (χ1v) is 1.39. The Morgan fingerprint density at radius 1 is 2.00 bits per heavy atom. The molecule has 0 amide bonds. The van der Waals surface area contributed by atoms with Crippen LogP contribution in [-0.2, 0) is 0 Å². The Bertz CT molecular complexity index is 55.2. The van der Waals surface area contributed by atoms with Gasteiger partial charge in [0.25, 0.3) is 5.63 Å². The van der Waals surface area contributed by atoms with E-state index in [1.807, 2.05) is 0 Å². The number of nitrogens with zero attached hydrogens (tertiary/aromatic N) is 1. The highest BCUT2D eigenvalue weighted by atomic mass is 35.5. The zero-order valence-corrected chi connectivity index (χ0v) is 3.04. The number of hydrogen-bond donors (Lipinski definition) is 0. The Morgan fingerprint density at radius 2 is 2.20 bits per heavy atom. The summed E-state index contributed by atoms with van der Waals surface area (Å²) in [6.45, 7) is 0. The lowest BCUT2D eigenvalue weighted by Crippen LogP contribution is -1.73. The zero-order chi connectivity index (χ0) is 4.28. The fourth-order valence-electron chi connectivity index (χ4n) is 0. The Balaban J connectivity index is 2.94. The molecule has 0 fully saturated rings. The van der Waals surface area contributed by atoms with Gasteiger partial charge in [0, 0.05) is 0 Å². The summed E-state index contributed by atoms with van der Waals surface area (Å²) in [5.74, 6) is 0. The molecule has 0 radical (unpaired) electrons. The molecule has 0 aliphatic heterocycles. The van der Waals surface area contributed by atoms with Gasteiger partial charge in [-0.3, -0.25) is 0 Å². The van der Waals surface area contributed by atoms with Gasteiger partial charge in [0.1, 0.15) is 6.07 Å². The molecule has 0 aliphatic carbocycles. The van der Waals surface area contributed by atoms with Crippen molar-refractivity contribution in [2.24, 2.45) is 0 Å². The molecule has 0 aromatic rings. The lowest BCUT2D eigenvalue weighted by atomic mass is 10.9. The summed E-state index contributed by atoms with van der Waals surface area (Å²) < 4.78 is 10.8. The molecule has 0 saturated carbocycles. The summed E-state index contributed by atoms with van der Waals surface area (Å²) in [6.07, 6.45) is 0. The van der Waals surface area contributed by atoms with Crippen molar-refractivity contribution >= 4 is 11.6 Å². The van der Waals surface area contributed by atoms with Gasteiger partial charge < -0.3 is 0 Å². The summed E-state index contributed by atoms with van der Waals surface area (Å²) in [6, 6.07) is 1.13.